The summed E-state index contributed by atoms with van der Waals surface area (Å²) in [6, 6.07) is 9.70. The van der Waals surface area contributed by atoms with E-state index >= 15 is 0 Å². The van der Waals surface area contributed by atoms with Gasteiger partial charge in [0, 0.05) is 0 Å². The van der Waals surface area contributed by atoms with Gasteiger partial charge < -0.3 is 4.43 Å². The summed E-state index contributed by atoms with van der Waals surface area (Å²) in [6.07, 6.45) is 3.68. The highest BCUT2D eigenvalue weighted by molar-refractivity contribution is 6.74. The molecule has 1 aromatic rings. The van der Waals surface area contributed by atoms with Crippen molar-refractivity contribution in [1.29, 1.82) is 0 Å². The molecule has 4 nitrogen and oxygen atoms in total. The molecule has 23 heavy (non-hydrogen) atoms. The molecule has 1 heterocycles. The molecular formula is C18H27NO3Si. The SMILES string of the molecule is CC(C)(C)[Si](C)(C)OC1C=CCN(C(=O)Cc2ccccc2)O1. The number of rotatable bonds is 4. The molecule has 0 aliphatic carbocycles. The molecule has 0 saturated carbocycles. The fraction of sp³-hybridized carbons (Fsp3) is 0.500. The second-order valence-electron chi connectivity index (χ2n) is 7.40. The van der Waals surface area contributed by atoms with Crippen molar-refractivity contribution in [2.45, 2.75) is 51.6 Å². The molecule has 2 rings (SSSR count). The fourth-order valence-corrected chi connectivity index (χ4v) is 3.07. The summed E-state index contributed by atoms with van der Waals surface area (Å²) in [5.41, 5.74) is 0.984. The number of hydrogen-bond acceptors (Lipinski definition) is 3. The Kier molecular flexibility index (Phi) is 5.44. The largest absolute Gasteiger partial charge is 0.388 e. The summed E-state index contributed by atoms with van der Waals surface area (Å²) >= 11 is 0. The Morgan fingerprint density at radius 1 is 1.30 bits per heavy atom. The number of carbonyl (C=O) groups is 1. The fourth-order valence-electron chi connectivity index (χ4n) is 2.02. The van der Waals surface area contributed by atoms with Gasteiger partial charge in [-0.1, -0.05) is 57.2 Å². The molecular weight excluding hydrogens is 306 g/mol. The van der Waals surface area contributed by atoms with Gasteiger partial charge in [0.1, 0.15) is 0 Å². The summed E-state index contributed by atoms with van der Waals surface area (Å²) < 4.78 is 6.21. The lowest BCUT2D eigenvalue weighted by atomic mass is 10.1. The lowest BCUT2D eigenvalue weighted by Crippen LogP contribution is -2.47. The van der Waals surface area contributed by atoms with Crippen LogP contribution in [0.1, 0.15) is 26.3 Å². The predicted octanol–water partition coefficient (Wildman–Crippen LogP) is 3.91. The van der Waals surface area contributed by atoms with E-state index in [9.17, 15) is 4.79 Å². The standard InChI is InChI=1S/C18H27NO3Si/c1-18(2,3)23(4,5)22-17-12-9-13-19(21-17)16(20)14-15-10-7-6-8-11-15/h6-12,17H,13-14H2,1-5H3. The van der Waals surface area contributed by atoms with E-state index in [0.29, 0.717) is 13.0 Å². The number of nitrogens with zero attached hydrogens (tertiary/aromatic N) is 1. The lowest BCUT2D eigenvalue weighted by Gasteiger charge is -2.40. The van der Waals surface area contributed by atoms with Crippen molar-refractivity contribution in [2.75, 3.05) is 6.54 Å². The van der Waals surface area contributed by atoms with E-state index in [1.807, 2.05) is 42.5 Å². The van der Waals surface area contributed by atoms with Crippen molar-refractivity contribution in [3.8, 4) is 0 Å². The van der Waals surface area contributed by atoms with E-state index in [2.05, 4.69) is 33.9 Å². The van der Waals surface area contributed by atoms with E-state index in [-0.39, 0.29) is 10.9 Å². The molecule has 1 unspecified atom stereocenters. The molecule has 1 aromatic carbocycles. The van der Waals surface area contributed by atoms with Gasteiger partial charge in [0.15, 0.2) is 14.6 Å². The number of benzene rings is 1. The Morgan fingerprint density at radius 2 is 1.96 bits per heavy atom. The molecule has 1 atom stereocenters. The van der Waals surface area contributed by atoms with E-state index in [1.165, 1.54) is 5.06 Å². The van der Waals surface area contributed by atoms with Crippen LogP contribution in [0.15, 0.2) is 42.5 Å². The van der Waals surface area contributed by atoms with Crippen LogP contribution in [0.2, 0.25) is 18.1 Å². The molecule has 0 fully saturated rings. The molecule has 0 spiro atoms. The highest BCUT2D eigenvalue weighted by Gasteiger charge is 2.40. The molecule has 0 bridgehead atoms. The predicted molar refractivity (Wildman–Crippen MR) is 94.2 cm³/mol. The normalized spacial score (nSPS) is 19.0. The zero-order chi connectivity index (χ0) is 17.1. The van der Waals surface area contributed by atoms with Crippen molar-refractivity contribution in [2.24, 2.45) is 0 Å². The van der Waals surface area contributed by atoms with Crippen molar-refractivity contribution in [1.82, 2.24) is 5.06 Å². The molecule has 0 radical (unpaired) electrons. The van der Waals surface area contributed by atoms with Crippen LogP contribution in [0.4, 0.5) is 0 Å². The number of hydrogen-bond donors (Lipinski definition) is 0. The minimum Gasteiger partial charge on any atom is -0.388 e. The minimum absolute atomic E-state index is 0.0515. The summed E-state index contributed by atoms with van der Waals surface area (Å²) in [4.78, 5) is 18.2. The quantitative estimate of drug-likeness (QED) is 0.619. The number of hydroxylamine groups is 2. The van der Waals surface area contributed by atoms with Crippen LogP contribution in [0.5, 0.6) is 0 Å². The third-order valence-corrected chi connectivity index (χ3v) is 8.92. The first-order chi connectivity index (χ1) is 10.7. The maximum atomic E-state index is 12.4. The van der Waals surface area contributed by atoms with Gasteiger partial charge in [-0.2, -0.15) is 0 Å². The van der Waals surface area contributed by atoms with Crippen LogP contribution in [0.25, 0.3) is 0 Å². The first-order valence-electron chi connectivity index (χ1n) is 8.04. The van der Waals surface area contributed by atoms with Crippen LogP contribution in [-0.2, 0) is 20.5 Å². The van der Waals surface area contributed by atoms with Gasteiger partial charge >= 0.3 is 0 Å². The lowest BCUT2D eigenvalue weighted by molar-refractivity contribution is -0.236. The Morgan fingerprint density at radius 3 is 2.57 bits per heavy atom. The number of amides is 1. The Bertz CT molecular complexity index is 563. The monoisotopic (exact) mass is 333 g/mol. The van der Waals surface area contributed by atoms with Crippen molar-refractivity contribution >= 4 is 14.2 Å². The van der Waals surface area contributed by atoms with Gasteiger partial charge in [-0.25, -0.2) is 9.90 Å². The highest BCUT2D eigenvalue weighted by atomic mass is 28.4. The molecule has 1 aliphatic rings. The zero-order valence-corrected chi connectivity index (χ0v) is 15.7. The van der Waals surface area contributed by atoms with Crippen LogP contribution < -0.4 is 0 Å². The Labute approximate surface area is 140 Å². The molecule has 0 aromatic heterocycles. The summed E-state index contributed by atoms with van der Waals surface area (Å²) in [5, 5.41) is 1.51. The molecule has 126 valence electrons. The minimum atomic E-state index is -1.95. The van der Waals surface area contributed by atoms with Crippen molar-refractivity contribution in [3.63, 3.8) is 0 Å². The third kappa shape index (κ3) is 4.77. The van der Waals surface area contributed by atoms with Crippen LogP contribution in [0, 0.1) is 0 Å². The summed E-state index contributed by atoms with van der Waals surface area (Å²) in [6.45, 7) is 11.4. The van der Waals surface area contributed by atoms with Crippen LogP contribution in [-0.4, -0.2) is 32.1 Å². The van der Waals surface area contributed by atoms with Crippen LogP contribution in [0.3, 0.4) is 0 Å². The van der Waals surface area contributed by atoms with Gasteiger partial charge in [0.25, 0.3) is 5.91 Å². The smallest absolute Gasteiger partial charge is 0.250 e. The highest BCUT2D eigenvalue weighted by Crippen LogP contribution is 2.37. The summed E-state index contributed by atoms with van der Waals surface area (Å²) in [5.74, 6) is -0.0515. The number of carbonyl (C=O) groups excluding carboxylic acids is 1. The second kappa shape index (κ2) is 6.99. The Balaban J connectivity index is 1.97. The first kappa shape index (κ1) is 17.9. The van der Waals surface area contributed by atoms with Crippen LogP contribution >= 0.6 is 0 Å². The van der Waals surface area contributed by atoms with E-state index in [1.54, 1.807) is 0 Å². The van der Waals surface area contributed by atoms with E-state index < -0.39 is 14.6 Å². The maximum Gasteiger partial charge on any atom is 0.250 e. The van der Waals surface area contributed by atoms with Gasteiger partial charge in [0.05, 0.1) is 13.0 Å². The van der Waals surface area contributed by atoms with Gasteiger partial charge in [-0.05, 0) is 29.8 Å². The van der Waals surface area contributed by atoms with E-state index in [0.717, 1.165) is 5.56 Å². The average Bonchev–Trinajstić information content (AvgIpc) is 2.47. The van der Waals surface area contributed by atoms with Crippen molar-refractivity contribution in [3.05, 3.63) is 48.0 Å². The topological polar surface area (TPSA) is 38.8 Å². The summed E-state index contributed by atoms with van der Waals surface area (Å²) in [7, 11) is -1.95. The molecule has 1 amide bonds. The molecule has 1 aliphatic heterocycles. The molecule has 5 heteroatoms. The average molecular weight is 334 g/mol. The Hall–Kier alpha value is -1.43. The first-order valence-corrected chi connectivity index (χ1v) is 11.0. The third-order valence-electron chi connectivity index (χ3n) is 4.49. The van der Waals surface area contributed by atoms with Gasteiger partial charge in [-0.15, -0.1) is 0 Å². The van der Waals surface area contributed by atoms with Gasteiger partial charge in [0.2, 0.25) is 0 Å². The molecule has 0 N–H and O–H groups in total. The second-order valence-corrected chi connectivity index (χ2v) is 12.2. The zero-order valence-electron chi connectivity index (χ0n) is 14.7. The van der Waals surface area contributed by atoms with E-state index in [4.69, 9.17) is 9.26 Å². The van der Waals surface area contributed by atoms with Gasteiger partial charge in [-0.3, -0.25) is 4.79 Å². The molecule has 0 saturated heterocycles. The maximum absolute atomic E-state index is 12.4. The van der Waals surface area contributed by atoms with Crippen molar-refractivity contribution < 1.29 is 14.1 Å².